The van der Waals surface area contributed by atoms with Crippen LogP contribution in [-0.2, 0) is 10.2 Å². The van der Waals surface area contributed by atoms with Gasteiger partial charge in [0.25, 0.3) is 10.2 Å². The lowest BCUT2D eigenvalue weighted by atomic mass is 10.0. The minimum Gasteiger partial charge on any atom is -0.368 e. The number of anilines is 1. The highest BCUT2D eigenvalue weighted by Crippen LogP contribution is 2.17. The molecule has 0 bridgehead atoms. The van der Waals surface area contributed by atoms with E-state index >= 15 is 0 Å². The van der Waals surface area contributed by atoms with Gasteiger partial charge in [-0.05, 0) is 30.9 Å². The first kappa shape index (κ1) is 16.7. The summed E-state index contributed by atoms with van der Waals surface area (Å²) in [5, 5.41) is 11.9. The van der Waals surface area contributed by atoms with Crippen molar-refractivity contribution in [1.29, 1.82) is 5.26 Å². The van der Waals surface area contributed by atoms with Crippen molar-refractivity contribution >= 4 is 16.0 Å². The van der Waals surface area contributed by atoms with Crippen LogP contribution >= 0.6 is 0 Å². The van der Waals surface area contributed by atoms with Crippen LogP contribution in [-0.4, -0.2) is 43.9 Å². The fourth-order valence-corrected chi connectivity index (χ4v) is 3.82. The van der Waals surface area contributed by atoms with E-state index in [9.17, 15) is 8.42 Å². The van der Waals surface area contributed by atoms with E-state index in [0.29, 0.717) is 36.9 Å². The van der Waals surface area contributed by atoms with E-state index in [1.54, 1.807) is 18.3 Å². The number of nitriles is 1. The zero-order valence-corrected chi connectivity index (χ0v) is 13.4. The molecule has 2 rings (SSSR count). The summed E-state index contributed by atoms with van der Waals surface area (Å²) in [7, 11) is -3.43. The second-order valence-electron chi connectivity index (χ2n) is 5.44. The van der Waals surface area contributed by atoms with Gasteiger partial charge in [0.1, 0.15) is 11.9 Å². The van der Waals surface area contributed by atoms with Gasteiger partial charge in [-0.15, -0.1) is 0 Å². The zero-order chi connectivity index (χ0) is 16.0. The number of hydrogen-bond donors (Lipinski definition) is 2. The molecule has 0 aliphatic carbocycles. The average molecular weight is 323 g/mol. The molecule has 1 aliphatic heterocycles. The molecule has 2 N–H and O–H groups in total. The lowest BCUT2D eigenvalue weighted by molar-refractivity contribution is 0.278. The Labute approximate surface area is 131 Å². The Morgan fingerprint density at radius 1 is 1.50 bits per heavy atom. The second-order valence-corrected chi connectivity index (χ2v) is 7.20. The predicted octanol–water partition coefficient (Wildman–Crippen LogP) is 0.931. The molecule has 0 aromatic carbocycles. The van der Waals surface area contributed by atoms with E-state index in [0.717, 1.165) is 12.8 Å². The van der Waals surface area contributed by atoms with Crippen molar-refractivity contribution in [2.24, 2.45) is 5.92 Å². The van der Waals surface area contributed by atoms with Gasteiger partial charge in [0.05, 0.1) is 5.56 Å². The van der Waals surface area contributed by atoms with E-state index in [1.807, 2.05) is 6.07 Å². The summed E-state index contributed by atoms with van der Waals surface area (Å²) in [5.41, 5.74) is 0.440. The average Bonchev–Trinajstić information content (AvgIpc) is 2.52. The smallest absolute Gasteiger partial charge is 0.279 e. The van der Waals surface area contributed by atoms with Crippen molar-refractivity contribution in [3.05, 3.63) is 23.9 Å². The van der Waals surface area contributed by atoms with Crippen molar-refractivity contribution in [3.8, 4) is 6.07 Å². The Morgan fingerprint density at radius 2 is 2.32 bits per heavy atom. The quantitative estimate of drug-likeness (QED) is 0.759. The molecule has 1 saturated heterocycles. The largest absolute Gasteiger partial charge is 0.368 e. The molecule has 22 heavy (non-hydrogen) atoms. The monoisotopic (exact) mass is 323 g/mol. The number of rotatable bonds is 6. The molecule has 2 heterocycles. The Kier molecular flexibility index (Phi) is 5.71. The number of nitrogens with zero attached hydrogens (tertiary/aromatic N) is 3. The van der Waals surface area contributed by atoms with Crippen LogP contribution in [0.15, 0.2) is 18.3 Å². The minimum absolute atomic E-state index is 0.245. The maximum absolute atomic E-state index is 12.2. The number of nitrogens with one attached hydrogen (secondary N) is 2. The highest BCUT2D eigenvalue weighted by atomic mass is 32.2. The van der Waals surface area contributed by atoms with E-state index in [2.05, 4.69) is 21.9 Å². The highest BCUT2D eigenvalue weighted by molar-refractivity contribution is 7.87. The molecule has 1 aliphatic rings. The van der Waals surface area contributed by atoms with E-state index in [4.69, 9.17) is 5.26 Å². The summed E-state index contributed by atoms with van der Waals surface area (Å²) in [6, 6.07) is 5.38. The maximum Gasteiger partial charge on any atom is 0.279 e. The fraction of sp³-hybridized carbons (Fsp3) is 0.571. The van der Waals surface area contributed by atoms with E-state index < -0.39 is 10.2 Å². The van der Waals surface area contributed by atoms with Crippen molar-refractivity contribution < 1.29 is 8.42 Å². The van der Waals surface area contributed by atoms with Gasteiger partial charge in [0.2, 0.25) is 0 Å². The summed E-state index contributed by atoms with van der Waals surface area (Å²) in [5.74, 6) is 0.867. The van der Waals surface area contributed by atoms with Gasteiger partial charge < -0.3 is 5.32 Å². The van der Waals surface area contributed by atoms with Gasteiger partial charge >= 0.3 is 0 Å². The molecule has 7 nitrogen and oxygen atoms in total. The SMILES string of the molecule is C[C@H]1CCCN(S(=O)(=O)NCCNc2ncccc2C#N)C1. The third-order valence-corrected chi connectivity index (χ3v) is 5.17. The Morgan fingerprint density at radius 3 is 3.05 bits per heavy atom. The molecule has 120 valence electrons. The molecule has 1 fully saturated rings. The van der Waals surface area contributed by atoms with Crippen LogP contribution in [0, 0.1) is 17.2 Å². The van der Waals surface area contributed by atoms with Gasteiger partial charge in [-0.3, -0.25) is 0 Å². The molecular weight excluding hydrogens is 302 g/mol. The maximum atomic E-state index is 12.2. The van der Waals surface area contributed by atoms with Gasteiger partial charge in [-0.1, -0.05) is 6.92 Å². The molecule has 0 amide bonds. The van der Waals surface area contributed by atoms with Crippen molar-refractivity contribution in [2.75, 3.05) is 31.5 Å². The lowest BCUT2D eigenvalue weighted by Crippen LogP contribution is -2.46. The van der Waals surface area contributed by atoms with Crippen LogP contribution in [0.4, 0.5) is 5.82 Å². The van der Waals surface area contributed by atoms with Gasteiger partial charge in [-0.25, -0.2) is 9.71 Å². The lowest BCUT2D eigenvalue weighted by Gasteiger charge is -2.30. The number of aromatic nitrogens is 1. The third-order valence-electron chi connectivity index (χ3n) is 3.59. The first-order chi connectivity index (χ1) is 10.5. The zero-order valence-electron chi connectivity index (χ0n) is 12.6. The van der Waals surface area contributed by atoms with Crippen LogP contribution in [0.1, 0.15) is 25.3 Å². The molecule has 8 heteroatoms. The summed E-state index contributed by atoms with van der Waals surface area (Å²) in [6.07, 6.45) is 3.56. The number of hydrogen-bond acceptors (Lipinski definition) is 5. The van der Waals surface area contributed by atoms with Gasteiger partial charge in [-0.2, -0.15) is 18.0 Å². The molecule has 1 atom stereocenters. The Balaban J connectivity index is 1.82. The predicted molar refractivity (Wildman–Crippen MR) is 84.3 cm³/mol. The van der Waals surface area contributed by atoms with Crippen molar-refractivity contribution in [3.63, 3.8) is 0 Å². The van der Waals surface area contributed by atoms with Crippen molar-refractivity contribution in [1.82, 2.24) is 14.0 Å². The Hall–Kier alpha value is -1.69. The van der Waals surface area contributed by atoms with Gasteiger partial charge in [0, 0.05) is 32.4 Å². The van der Waals surface area contributed by atoms with Crippen LogP contribution in [0.25, 0.3) is 0 Å². The van der Waals surface area contributed by atoms with Crippen LogP contribution < -0.4 is 10.0 Å². The minimum atomic E-state index is -3.43. The van der Waals surface area contributed by atoms with Crippen molar-refractivity contribution in [2.45, 2.75) is 19.8 Å². The third kappa shape index (κ3) is 4.40. The van der Waals surface area contributed by atoms with E-state index in [1.165, 1.54) is 4.31 Å². The van der Waals surface area contributed by atoms with Gasteiger partial charge in [0.15, 0.2) is 0 Å². The topological polar surface area (TPSA) is 98.1 Å². The first-order valence-electron chi connectivity index (χ1n) is 7.36. The molecule has 1 aromatic rings. The normalized spacial score (nSPS) is 19.5. The fourth-order valence-electron chi connectivity index (χ4n) is 2.45. The van der Waals surface area contributed by atoms with Crippen LogP contribution in [0.3, 0.4) is 0 Å². The molecule has 0 saturated carbocycles. The molecular formula is C14H21N5O2S. The second kappa shape index (κ2) is 7.54. The first-order valence-corrected chi connectivity index (χ1v) is 8.80. The molecule has 0 spiro atoms. The molecule has 0 radical (unpaired) electrons. The summed E-state index contributed by atoms with van der Waals surface area (Å²) in [4.78, 5) is 4.06. The van der Waals surface area contributed by atoms with Crippen LogP contribution in [0.5, 0.6) is 0 Å². The van der Waals surface area contributed by atoms with Crippen LogP contribution in [0.2, 0.25) is 0 Å². The molecule has 1 aromatic heterocycles. The standard InChI is InChI=1S/C14H21N5O2S/c1-12-4-3-9-19(11-12)22(20,21)18-8-7-17-14-13(10-15)5-2-6-16-14/h2,5-6,12,18H,3-4,7-9,11H2,1H3,(H,16,17)/t12-/m0/s1. The molecule has 0 unspecified atom stereocenters. The highest BCUT2D eigenvalue weighted by Gasteiger charge is 2.26. The Bertz CT molecular complexity index is 641. The summed E-state index contributed by atoms with van der Waals surface area (Å²) < 4.78 is 28.5. The number of piperidine rings is 1. The summed E-state index contributed by atoms with van der Waals surface area (Å²) >= 11 is 0. The number of pyridine rings is 1. The summed E-state index contributed by atoms with van der Waals surface area (Å²) in [6.45, 7) is 3.82. The van der Waals surface area contributed by atoms with E-state index in [-0.39, 0.29) is 6.54 Å².